The maximum absolute atomic E-state index is 5.44. The van der Waals surface area contributed by atoms with Crippen molar-refractivity contribution in [3.05, 3.63) is 29.3 Å². The van der Waals surface area contributed by atoms with E-state index in [0.717, 1.165) is 11.0 Å². The van der Waals surface area contributed by atoms with Crippen LogP contribution in [-0.4, -0.2) is 0 Å². The minimum Gasteiger partial charge on any atom is -0.450 e. The highest BCUT2D eigenvalue weighted by Gasteiger charge is 2.04. The van der Waals surface area contributed by atoms with Gasteiger partial charge >= 0.3 is 0 Å². The van der Waals surface area contributed by atoms with Crippen molar-refractivity contribution in [2.45, 2.75) is 18.9 Å². The molecule has 12 heavy (non-hydrogen) atoms. The van der Waals surface area contributed by atoms with Gasteiger partial charge in [-0.15, -0.1) is 12.6 Å². The van der Waals surface area contributed by atoms with Crippen LogP contribution in [0.4, 0.5) is 0 Å². The number of benzene rings is 1. The highest BCUT2D eigenvalue weighted by Crippen LogP contribution is 2.26. The number of fused-ring (bicyclic) bond motifs is 1. The second-order valence-corrected chi connectivity index (χ2v) is 3.45. The topological polar surface area (TPSA) is 13.1 Å². The maximum Gasteiger partial charge on any atom is 0.158 e. The predicted molar refractivity (Wildman–Crippen MR) is 52.9 cm³/mol. The van der Waals surface area contributed by atoms with Crippen LogP contribution in [0.15, 0.2) is 27.7 Å². The molecule has 0 unspecified atom stereocenters. The van der Waals surface area contributed by atoms with Gasteiger partial charge in [0.2, 0.25) is 0 Å². The van der Waals surface area contributed by atoms with Crippen molar-refractivity contribution in [1.82, 2.24) is 0 Å². The van der Waals surface area contributed by atoms with Crippen molar-refractivity contribution in [3.63, 3.8) is 0 Å². The Labute approximate surface area is 76.8 Å². The monoisotopic (exact) mass is 178 g/mol. The fourth-order valence-electron chi connectivity index (χ4n) is 1.33. The SMILES string of the molecule is Cc1ccc2cc(S)oc2c1C. The van der Waals surface area contributed by atoms with Crippen LogP contribution in [0.2, 0.25) is 0 Å². The molecule has 1 aromatic heterocycles. The van der Waals surface area contributed by atoms with Gasteiger partial charge in [0.1, 0.15) is 5.58 Å². The molecular weight excluding hydrogens is 168 g/mol. The lowest BCUT2D eigenvalue weighted by Crippen LogP contribution is -1.78. The molecule has 0 fully saturated rings. The largest absolute Gasteiger partial charge is 0.450 e. The zero-order chi connectivity index (χ0) is 8.72. The lowest BCUT2D eigenvalue weighted by Gasteiger charge is -1.98. The Bertz CT molecular complexity index is 429. The van der Waals surface area contributed by atoms with Crippen molar-refractivity contribution in [1.29, 1.82) is 0 Å². The molecule has 0 N–H and O–H groups in total. The Morgan fingerprint density at radius 2 is 2.00 bits per heavy atom. The van der Waals surface area contributed by atoms with E-state index in [9.17, 15) is 0 Å². The first-order valence-electron chi connectivity index (χ1n) is 3.87. The molecule has 2 rings (SSSR count). The van der Waals surface area contributed by atoms with Gasteiger partial charge < -0.3 is 4.42 Å². The Hall–Kier alpha value is -0.890. The number of thiol groups is 1. The van der Waals surface area contributed by atoms with E-state index in [1.54, 1.807) is 0 Å². The third kappa shape index (κ3) is 1.03. The second kappa shape index (κ2) is 2.56. The van der Waals surface area contributed by atoms with Gasteiger partial charge in [-0.1, -0.05) is 12.1 Å². The van der Waals surface area contributed by atoms with E-state index in [-0.39, 0.29) is 0 Å². The fourth-order valence-corrected chi connectivity index (χ4v) is 1.56. The first kappa shape index (κ1) is 7.74. The number of hydrogen-bond donors (Lipinski definition) is 1. The maximum atomic E-state index is 5.44. The molecule has 0 aliphatic rings. The highest BCUT2D eigenvalue weighted by atomic mass is 32.1. The summed E-state index contributed by atoms with van der Waals surface area (Å²) in [7, 11) is 0. The van der Waals surface area contributed by atoms with E-state index in [2.05, 4.69) is 38.6 Å². The smallest absolute Gasteiger partial charge is 0.158 e. The number of hydrogen-bond acceptors (Lipinski definition) is 2. The van der Waals surface area contributed by atoms with Crippen molar-refractivity contribution in [2.24, 2.45) is 0 Å². The summed E-state index contributed by atoms with van der Waals surface area (Å²) < 4.78 is 5.44. The van der Waals surface area contributed by atoms with E-state index in [4.69, 9.17) is 4.42 Å². The van der Waals surface area contributed by atoms with Crippen LogP contribution in [0.5, 0.6) is 0 Å². The number of furan rings is 1. The van der Waals surface area contributed by atoms with Gasteiger partial charge in [0.05, 0.1) is 0 Å². The van der Waals surface area contributed by atoms with E-state index < -0.39 is 0 Å². The summed E-state index contributed by atoms with van der Waals surface area (Å²) in [6.45, 7) is 4.14. The summed E-state index contributed by atoms with van der Waals surface area (Å²) in [4.78, 5) is 0. The molecule has 0 amide bonds. The van der Waals surface area contributed by atoms with Crippen LogP contribution in [0, 0.1) is 13.8 Å². The molecule has 0 saturated heterocycles. The average Bonchev–Trinajstić information content (AvgIpc) is 2.39. The molecule has 0 radical (unpaired) electrons. The quantitative estimate of drug-likeness (QED) is 0.610. The molecule has 0 bridgehead atoms. The van der Waals surface area contributed by atoms with E-state index in [1.807, 2.05) is 6.07 Å². The molecule has 0 spiro atoms. The van der Waals surface area contributed by atoms with Crippen LogP contribution >= 0.6 is 12.6 Å². The third-order valence-corrected chi connectivity index (χ3v) is 2.41. The molecule has 1 nitrogen and oxygen atoms in total. The van der Waals surface area contributed by atoms with Gasteiger partial charge in [0.15, 0.2) is 5.09 Å². The molecule has 1 heterocycles. The van der Waals surface area contributed by atoms with E-state index in [0.29, 0.717) is 5.09 Å². The zero-order valence-electron chi connectivity index (χ0n) is 7.09. The van der Waals surface area contributed by atoms with Gasteiger partial charge in [0, 0.05) is 5.39 Å². The van der Waals surface area contributed by atoms with Crippen LogP contribution in [0.25, 0.3) is 11.0 Å². The van der Waals surface area contributed by atoms with Crippen molar-refractivity contribution in [2.75, 3.05) is 0 Å². The molecule has 0 atom stereocenters. The Morgan fingerprint density at radius 3 is 2.75 bits per heavy atom. The number of aryl methyl sites for hydroxylation is 2. The Kier molecular flexibility index (Phi) is 1.65. The number of rotatable bonds is 0. The average molecular weight is 178 g/mol. The molecule has 2 heteroatoms. The summed E-state index contributed by atoms with van der Waals surface area (Å²) >= 11 is 4.16. The van der Waals surface area contributed by atoms with Gasteiger partial charge in [-0.3, -0.25) is 0 Å². The van der Waals surface area contributed by atoms with Crippen LogP contribution in [-0.2, 0) is 0 Å². The van der Waals surface area contributed by atoms with Crippen molar-refractivity contribution in [3.8, 4) is 0 Å². The first-order chi connectivity index (χ1) is 5.68. The first-order valence-corrected chi connectivity index (χ1v) is 4.32. The zero-order valence-corrected chi connectivity index (χ0v) is 7.98. The van der Waals surface area contributed by atoms with Crippen molar-refractivity contribution < 1.29 is 4.42 Å². The lowest BCUT2D eigenvalue weighted by molar-refractivity contribution is 0.515. The van der Waals surface area contributed by atoms with Gasteiger partial charge in [-0.25, -0.2) is 0 Å². The predicted octanol–water partition coefficient (Wildman–Crippen LogP) is 3.34. The van der Waals surface area contributed by atoms with E-state index in [1.165, 1.54) is 11.1 Å². The normalized spacial score (nSPS) is 10.9. The summed E-state index contributed by atoms with van der Waals surface area (Å²) in [5.41, 5.74) is 3.41. The standard InChI is InChI=1S/C10H10OS/c1-6-3-4-8-5-9(12)11-10(8)7(6)2/h3-5,12H,1-2H3. The van der Waals surface area contributed by atoms with Crippen LogP contribution < -0.4 is 0 Å². The highest BCUT2D eigenvalue weighted by molar-refractivity contribution is 7.80. The molecular formula is C10H10OS. The molecule has 0 aliphatic carbocycles. The fraction of sp³-hybridized carbons (Fsp3) is 0.200. The minimum atomic E-state index is 0.679. The molecule has 2 aromatic rings. The molecule has 0 aliphatic heterocycles. The molecule has 62 valence electrons. The van der Waals surface area contributed by atoms with Gasteiger partial charge in [0.25, 0.3) is 0 Å². The Morgan fingerprint density at radius 1 is 1.25 bits per heavy atom. The lowest BCUT2D eigenvalue weighted by atomic mass is 10.1. The summed E-state index contributed by atoms with van der Waals surface area (Å²) in [6.07, 6.45) is 0. The summed E-state index contributed by atoms with van der Waals surface area (Å²) in [5.74, 6) is 0. The second-order valence-electron chi connectivity index (χ2n) is 3.01. The molecule has 0 saturated carbocycles. The van der Waals surface area contributed by atoms with Crippen LogP contribution in [0.3, 0.4) is 0 Å². The molecule has 1 aromatic carbocycles. The van der Waals surface area contributed by atoms with Gasteiger partial charge in [-0.05, 0) is 31.0 Å². The Balaban J connectivity index is 2.89. The van der Waals surface area contributed by atoms with Crippen molar-refractivity contribution >= 4 is 23.6 Å². The summed E-state index contributed by atoms with van der Waals surface area (Å²) in [5, 5.41) is 1.81. The minimum absolute atomic E-state index is 0.679. The third-order valence-electron chi connectivity index (χ3n) is 2.19. The van der Waals surface area contributed by atoms with E-state index >= 15 is 0 Å². The summed E-state index contributed by atoms with van der Waals surface area (Å²) in [6, 6.07) is 6.09. The van der Waals surface area contributed by atoms with Gasteiger partial charge in [-0.2, -0.15) is 0 Å². The van der Waals surface area contributed by atoms with Crippen LogP contribution in [0.1, 0.15) is 11.1 Å².